The molecule has 116 valence electrons. The molecule has 0 spiro atoms. The minimum Gasteiger partial charge on any atom is -0.398 e. The van der Waals surface area contributed by atoms with Gasteiger partial charge in [-0.15, -0.1) is 0 Å². The van der Waals surface area contributed by atoms with Crippen LogP contribution < -0.4 is 16.6 Å². The second-order valence-electron chi connectivity index (χ2n) is 5.27. The number of hydrazine groups is 1. The number of carbonyl (C=O) groups is 2. The second kappa shape index (κ2) is 5.84. The molecule has 1 aromatic heterocycles. The van der Waals surface area contributed by atoms with Gasteiger partial charge in [0.2, 0.25) is 0 Å². The van der Waals surface area contributed by atoms with E-state index in [9.17, 15) is 9.59 Å². The van der Waals surface area contributed by atoms with Gasteiger partial charge < -0.3 is 10.7 Å². The Kier molecular flexibility index (Phi) is 3.72. The van der Waals surface area contributed by atoms with E-state index >= 15 is 0 Å². The summed E-state index contributed by atoms with van der Waals surface area (Å²) in [6.45, 7) is 1.98. The number of rotatable bonds is 2. The maximum Gasteiger partial charge on any atom is 0.286 e. The molecule has 2 aromatic carbocycles. The Morgan fingerprint density at radius 2 is 1.74 bits per heavy atom. The first-order chi connectivity index (χ1) is 11.0. The molecule has 6 heteroatoms. The summed E-state index contributed by atoms with van der Waals surface area (Å²) in [5.74, 6) is -0.898. The van der Waals surface area contributed by atoms with Crippen molar-refractivity contribution in [1.82, 2.24) is 15.8 Å². The molecule has 0 unspecified atom stereocenters. The topological polar surface area (TPSA) is 100 Å². The predicted octanol–water partition coefficient (Wildman–Crippen LogP) is 2.13. The lowest BCUT2D eigenvalue weighted by Crippen LogP contribution is -2.42. The van der Waals surface area contributed by atoms with Gasteiger partial charge >= 0.3 is 0 Å². The zero-order valence-electron chi connectivity index (χ0n) is 12.5. The number of aromatic nitrogens is 1. The highest BCUT2D eigenvalue weighted by Gasteiger charge is 2.13. The third-order valence-corrected chi connectivity index (χ3v) is 3.52. The van der Waals surface area contributed by atoms with Crippen LogP contribution in [0.2, 0.25) is 0 Å². The number of benzene rings is 2. The lowest BCUT2D eigenvalue weighted by molar-refractivity contribution is 0.0845. The number of fused-ring (bicyclic) bond motifs is 1. The molecule has 0 saturated heterocycles. The molecule has 0 aliphatic rings. The van der Waals surface area contributed by atoms with Crippen LogP contribution in [-0.2, 0) is 0 Å². The van der Waals surface area contributed by atoms with Gasteiger partial charge in [0.1, 0.15) is 5.69 Å². The molecule has 23 heavy (non-hydrogen) atoms. The summed E-state index contributed by atoms with van der Waals surface area (Å²) in [4.78, 5) is 27.1. The highest BCUT2D eigenvalue weighted by atomic mass is 16.2. The van der Waals surface area contributed by atoms with Gasteiger partial charge in [-0.2, -0.15) is 0 Å². The van der Waals surface area contributed by atoms with Crippen molar-refractivity contribution in [2.24, 2.45) is 0 Å². The number of carbonyl (C=O) groups excluding carboxylic acids is 2. The van der Waals surface area contributed by atoms with Crippen LogP contribution in [0, 0.1) is 6.92 Å². The van der Waals surface area contributed by atoms with E-state index in [1.54, 1.807) is 30.3 Å². The molecular formula is C17H16N4O2. The molecule has 3 rings (SSSR count). The fourth-order valence-corrected chi connectivity index (χ4v) is 2.33. The van der Waals surface area contributed by atoms with Crippen LogP contribution in [0.3, 0.4) is 0 Å². The molecule has 6 nitrogen and oxygen atoms in total. The number of hydrogen-bond donors (Lipinski definition) is 4. The fourth-order valence-electron chi connectivity index (χ4n) is 2.33. The minimum absolute atomic E-state index is 0.306. The Balaban J connectivity index is 1.71. The van der Waals surface area contributed by atoms with Crippen molar-refractivity contribution >= 4 is 28.4 Å². The molecular weight excluding hydrogens is 292 g/mol. The largest absolute Gasteiger partial charge is 0.398 e. The number of aryl methyl sites for hydroxylation is 1. The van der Waals surface area contributed by atoms with Gasteiger partial charge in [-0.25, -0.2) is 0 Å². The van der Waals surface area contributed by atoms with E-state index in [-0.39, 0.29) is 0 Å². The molecule has 1 heterocycles. The average molecular weight is 308 g/mol. The molecule has 0 aliphatic heterocycles. The SMILES string of the molecule is Cc1ccc2[nH]c(C(=O)NNC(=O)c3ccccc3N)cc2c1. The molecule has 0 fully saturated rings. The third-order valence-electron chi connectivity index (χ3n) is 3.52. The van der Waals surface area contributed by atoms with E-state index < -0.39 is 11.8 Å². The van der Waals surface area contributed by atoms with Gasteiger partial charge in [0.25, 0.3) is 11.8 Å². The van der Waals surface area contributed by atoms with Gasteiger partial charge in [-0.05, 0) is 37.3 Å². The number of aromatic amines is 1. The van der Waals surface area contributed by atoms with E-state index in [2.05, 4.69) is 15.8 Å². The number of amides is 2. The maximum absolute atomic E-state index is 12.1. The van der Waals surface area contributed by atoms with E-state index in [1.165, 1.54) is 0 Å². The number of nitrogens with one attached hydrogen (secondary N) is 3. The zero-order valence-corrected chi connectivity index (χ0v) is 12.5. The number of nitrogen functional groups attached to an aromatic ring is 1. The van der Waals surface area contributed by atoms with E-state index in [0.717, 1.165) is 16.5 Å². The Bertz CT molecular complexity index is 898. The highest BCUT2D eigenvalue weighted by Crippen LogP contribution is 2.16. The van der Waals surface area contributed by atoms with Crippen molar-refractivity contribution in [3.63, 3.8) is 0 Å². The molecule has 0 radical (unpaired) electrons. The number of anilines is 1. The van der Waals surface area contributed by atoms with Crippen LogP contribution in [-0.4, -0.2) is 16.8 Å². The van der Waals surface area contributed by atoms with Crippen LogP contribution in [0.1, 0.15) is 26.4 Å². The minimum atomic E-state index is -0.469. The summed E-state index contributed by atoms with van der Waals surface area (Å²) in [7, 11) is 0. The van der Waals surface area contributed by atoms with Gasteiger partial charge in [-0.1, -0.05) is 23.8 Å². The molecule has 0 aliphatic carbocycles. The molecule has 0 saturated carbocycles. The quantitative estimate of drug-likeness (QED) is 0.431. The summed E-state index contributed by atoms with van der Waals surface area (Å²) in [5, 5.41) is 0.939. The average Bonchev–Trinajstić information content (AvgIpc) is 2.95. The van der Waals surface area contributed by atoms with Crippen molar-refractivity contribution in [3.8, 4) is 0 Å². The zero-order chi connectivity index (χ0) is 16.4. The van der Waals surface area contributed by atoms with Crippen LogP contribution in [0.25, 0.3) is 10.9 Å². The molecule has 3 aromatic rings. The van der Waals surface area contributed by atoms with Gasteiger partial charge in [0.15, 0.2) is 0 Å². The van der Waals surface area contributed by atoms with Crippen molar-refractivity contribution in [3.05, 3.63) is 65.4 Å². The lowest BCUT2D eigenvalue weighted by Gasteiger charge is -2.08. The van der Waals surface area contributed by atoms with Crippen molar-refractivity contribution in [2.75, 3.05) is 5.73 Å². The smallest absolute Gasteiger partial charge is 0.286 e. The number of hydrogen-bond acceptors (Lipinski definition) is 3. The van der Waals surface area contributed by atoms with Gasteiger partial charge in [0.05, 0.1) is 5.56 Å². The standard InChI is InChI=1S/C17H16N4O2/c1-10-6-7-14-11(8-10)9-15(19-14)17(23)21-20-16(22)12-4-2-3-5-13(12)18/h2-9,19H,18H2,1H3,(H,20,22)(H,21,23). The van der Waals surface area contributed by atoms with Crippen molar-refractivity contribution in [2.45, 2.75) is 6.92 Å². The first kappa shape index (κ1) is 14.6. The number of H-pyrrole nitrogens is 1. The normalized spacial score (nSPS) is 10.5. The highest BCUT2D eigenvalue weighted by molar-refractivity contribution is 6.02. The Labute approximate surface area is 132 Å². The van der Waals surface area contributed by atoms with Crippen molar-refractivity contribution in [1.29, 1.82) is 0 Å². The summed E-state index contributed by atoms with van der Waals surface area (Å²) in [6.07, 6.45) is 0. The predicted molar refractivity (Wildman–Crippen MR) is 88.8 cm³/mol. The summed E-state index contributed by atoms with van der Waals surface area (Å²) in [5.41, 5.74) is 13.4. The monoisotopic (exact) mass is 308 g/mol. The maximum atomic E-state index is 12.1. The van der Waals surface area contributed by atoms with Crippen LogP contribution in [0.5, 0.6) is 0 Å². The first-order valence-corrected chi connectivity index (χ1v) is 7.09. The molecule has 0 atom stereocenters. The Hall–Kier alpha value is -3.28. The second-order valence-corrected chi connectivity index (χ2v) is 5.27. The fraction of sp³-hybridized carbons (Fsp3) is 0.0588. The van der Waals surface area contributed by atoms with E-state index in [4.69, 9.17) is 5.73 Å². The lowest BCUT2D eigenvalue weighted by atomic mass is 10.2. The molecule has 0 bridgehead atoms. The van der Waals surface area contributed by atoms with Crippen molar-refractivity contribution < 1.29 is 9.59 Å². The van der Waals surface area contributed by atoms with E-state index in [0.29, 0.717) is 16.9 Å². The Morgan fingerprint density at radius 3 is 2.52 bits per heavy atom. The first-order valence-electron chi connectivity index (χ1n) is 7.09. The molecule has 2 amide bonds. The van der Waals surface area contributed by atoms with Crippen LogP contribution in [0.4, 0.5) is 5.69 Å². The van der Waals surface area contributed by atoms with Crippen LogP contribution >= 0.6 is 0 Å². The molecule has 5 N–H and O–H groups in total. The summed E-state index contributed by atoms with van der Waals surface area (Å²) < 4.78 is 0. The third kappa shape index (κ3) is 3.01. The van der Waals surface area contributed by atoms with E-state index in [1.807, 2.05) is 25.1 Å². The number of para-hydroxylation sites is 1. The van der Waals surface area contributed by atoms with Gasteiger partial charge in [0, 0.05) is 16.6 Å². The summed E-state index contributed by atoms with van der Waals surface area (Å²) >= 11 is 0. The Morgan fingerprint density at radius 1 is 1.00 bits per heavy atom. The summed E-state index contributed by atoms with van der Waals surface area (Å²) in [6, 6.07) is 14.2. The number of nitrogens with two attached hydrogens (primary N) is 1. The van der Waals surface area contributed by atoms with Crippen LogP contribution in [0.15, 0.2) is 48.5 Å². The van der Waals surface area contributed by atoms with Gasteiger partial charge in [-0.3, -0.25) is 20.4 Å².